The zero-order chi connectivity index (χ0) is 13.9. The molecule has 1 aliphatic heterocycles. The van der Waals surface area contributed by atoms with Gasteiger partial charge in [-0.3, -0.25) is 0 Å². The average Bonchev–Trinajstić information content (AvgIpc) is 3.07. The molecule has 1 fully saturated rings. The highest BCUT2D eigenvalue weighted by molar-refractivity contribution is 5.42. The van der Waals surface area contributed by atoms with Crippen molar-refractivity contribution in [1.82, 2.24) is 19.9 Å². The lowest BCUT2D eigenvalue weighted by molar-refractivity contribution is 0.193. The average molecular weight is 274 g/mol. The smallest absolute Gasteiger partial charge is 0.222 e. The monoisotopic (exact) mass is 274 g/mol. The Bertz CT molecular complexity index is 590. The summed E-state index contributed by atoms with van der Waals surface area (Å²) >= 11 is 0. The van der Waals surface area contributed by atoms with Crippen molar-refractivity contribution in [3.05, 3.63) is 29.5 Å². The summed E-state index contributed by atoms with van der Waals surface area (Å²) in [7, 11) is 0. The molecule has 2 aromatic heterocycles. The summed E-state index contributed by atoms with van der Waals surface area (Å²) in [5.41, 5.74) is 8.73. The standard InChI is InChI=1S/C13H18N6O/c1-8-11(17-7-16-8)5-15-12-4-10(18-13(14)19-12)9-2-3-20-6-9/h4,7,9H,2-3,5-6H2,1H3,(H,16,17)(H3,14,15,18,19)/t9-/m0/s1. The third-order valence-electron chi connectivity index (χ3n) is 3.48. The number of nitrogens with two attached hydrogens (primary N) is 1. The van der Waals surface area contributed by atoms with Crippen molar-refractivity contribution >= 4 is 11.8 Å². The number of nitrogen functional groups attached to an aromatic ring is 1. The van der Waals surface area contributed by atoms with E-state index >= 15 is 0 Å². The van der Waals surface area contributed by atoms with Gasteiger partial charge in [-0.25, -0.2) is 9.97 Å². The van der Waals surface area contributed by atoms with Gasteiger partial charge in [-0.15, -0.1) is 0 Å². The summed E-state index contributed by atoms with van der Waals surface area (Å²) in [6.45, 7) is 4.07. The van der Waals surface area contributed by atoms with Crippen molar-refractivity contribution in [2.24, 2.45) is 0 Å². The van der Waals surface area contributed by atoms with Crippen LogP contribution in [0.5, 0.6) is 0 Å². The van der Waals surface area contributed by atoms with Gasteiger partial charge < -0.3 is 20.8 Å². The van der Waals surface area contributed by atoms with Crippen LogP contribution in [0.4, 0.5) is 11.8 Å². The summed E-state index contributed by atoms with van der Waals surface area (Å²) in [5, 5.41) is 3.24. The summed E-state index contributed by atoms with van der Waals surface area (Å²) < 4.78 is 5.39. The van der Waals surface area contributed by atoms with Crippen molar-refractivity contribution in [3.63, 3.8) is 0 Å². The Morgan fingerprint density at radius 1 is 1.50 bits per heavy atom. The zero-order valence-electron chi connectivity index (χ0n) is 11.4. The number of imidazole rings is 1. The van der Waals surface area contributed by atoms with E-state index in [2.05, 4.69) is 25.3 Å². The van der Waals surface area contributed by atoms with Gasteiger partial charge in [0.2, 0.25) is 5.95 Å². The first kappa shape index (κ1) is 12.9. The second-order valence-corrected chi connectivity index (χ2v) is 4.92. The van der Waals surface area contributed by atoms with Crippen LogP contribution in [0.25, 0.3) is 0 Å². The quantitative estimate of drug-likeness (QED) is 0.774. The number of aromatic nitrogens is 4. The van der Waals surface area contributed by atoms with E-state index < -0.39 is 0 Å². The van der Waals surface area contributed by atoms with E-state index in [0.717, 1.165) is 35.9 Å². The van der Waals surface area contributed by atoms with Gasteiger partial charge in [-0.05, 0) is 13.3 Å². The van der Waals surface area contributed by atoms with Crippen LogP contribution in [-0.2, 0) is 11.3 Å². The number of nitrogens with zero attached hydrogens (tertiary/aromatic N) is 3. The lowest BCUT2D eigenvalue weighted by Gasteiger charge is -2.11. The predicted molar refractivity (Wildman–Crippen MR) is 75.3 cm³/mol. The number of hydrogen-bond donors (Lipinski definition) is 3. The van der Waals surface area contributed by atoms with Crippen molar-refractivity contribution in [2.45, 2.75) is 25.8 Å². The van der Waals surface area contributed by atoms with Crippen LogP contribution < -0.4 is 11.1 Å². The first-order valence-corrected chi connectivity index (χ1v) is 6.67. The van der Waals surface area contributed by atoms with Crippen molar-refractivity contribution in [3.8, 4) is 0 Å². The molecule has 0 aromatic carbocycles. The highest BCUT2D eigenvalue weighted by Crippen LogP contribution is 2.25. The minimum absolute atomic E-state index is 0.288. The summed E-state index contributed by atoms with van der Waals surface area (Å²) in [5.74, 6) is 1.32. The fraction of sp³-hybridized carbons (Fsp3) is 0.462. The normalized spacial score (nSPS) is 18.4. The molecule has 0 spiro atoms. The Kier molecular flexibility index (Phi) is 3.51. The lowest BCUT2D eigenvalue weighted by Crippen LogP contribution is -2.09. The number of nitrogens with one attached hydrogen (secondary N) is 2. The van der Waals surface area contributed by atoms with E-state index in [1.54, 1.807) is 6.33 Å². The van der Waals surface area contributed by atoms with Gasteiger partial charge in [0.05, 0.1) is 30.9 Å². The molecule has 0 unspecified atom stereocenters. The van der Waals surface area contributed by atoms with Gasteiger partial charge in [0.15, 0.2) is 0 Å². The fourth-order valence-corrected chi connectivity index (χ4v) is 2.29. The molecule has 0 amide bonds. The zero-order valence-corrected chi connectivity index (χ0v) is 11.4. The van der Waals surface area contributed by atoms with Crippen LogP contribution in [0.2, 0.25) is 0 Å². The van der Waals surface area contributed by atoms with E-state index in [4.69, 9.17) is 10.5 Å². The number of H-pyrrole nitrogens is 1. The van der Waals surface area contributed by atoms with Gasteiger partial charge in [-0.1, -0.05) is 0 Å². The molecule has 0 saturated carbocycles. The lowest BCUT2D eigenvalue weighted by atomic mass is 10.0. The number of anilines is 2. The highest BCUT2D eigenvalue weighted by atomic mass is 16.5. The fourth-order valence-electron chi connectivity index (χ4n) is 2.29. The molecule has 106 valence electrons. The molecule has 0 bridgehead atoms. The predicted octanol–water partition coefficient (Wildman–Crippen LogP) is 1.21. The summed E-state index contributed by atoms with van der Waals surface area (Å²) in [4.78, 5) is 15.8. The molecular formula is C13H18N6O. The van der Waals surface area contributed by atoms with E-state index in [0.29, 0.717) is 19.1 Å². The topological polar surface area (TPSA) is 102 Å². The Hall–Kier alpha value is -2.15. The molecule has 3 heterocycles. The minimum atomic E-state index is 0.288. The molecule has 7 heteroatoms. The van der Waals surface area contributed by atoms with Crippen LogP contribution in [-0.4, -0.2) is 33.1 Å². The Labute approximate surface area is 117 Å². The molecule has 4 N–H and O–H groups in total. The third-order valence-corrected chi connectivity index (χ3v) is 3.48. The first-order valence-electron chi connectivity index (χ1n) is 6.67. The third kappa shape index (κ3) is 2.72. The van der Waals surface area contributed by atoms with Gasteiger partial charge in [0.25, 0.3) is 0 Å². The van der Waals surface area contributed by atoms with E-state index in [-0.39, 0.29) is 5.95 Å². The Balaban J connectivity index is 1.74. The number of hydrogen-bond acceptors (Lipinski definition) is 6. The van der Waals surface area contributed by atoms with Crippen molar-refractivity contribution in [1.29, 1.82) is 0 Å². The Morgan fingerprint density at radius 2 is 2.40 bits per heavy atom. The second-order valence-electron chi connectivity index (χ2n) is 4.92. The molecule has 0 aliphatic carbocycles. The maximum atomic E-state index is 5.78. The molecule has 0 radical (unpaired) electrons. The van der Waals surface area contributed by atoms with Gasteiger partial charge >= 0.3 is 0 Å². The van der Waals surface area contributed by atoms with Crippen LogP contribution in [0.3, 0.4) is 0 Å². The largest absolute Gasteiger partial charge is 0.381 e. The molecule has 1 aliphatic rings. The van der Waals surface area contributed by atoms with Gasteiger partial charge in [0, 0.05) is 24.3 Å². The number of aryl methyl sites for hydroxylation is 1. The Morgan fingerprint density at radius 3 is 3.10 bits per heavy atom. The maximum Gasteiger partial charge on any atom is 0.222 e. The molecule has 20 heavy (non-hydrogen) atoms. The van der Waals surface area contributed by atoms with E-state index in [1.807, 2.05) is 13.0 Å². The molecular weight excluding hydrogens is 256 g/mol. The van der Waals surface area contributed by atoms with Gasteiger partial charge in [0.1, 0.15) is 5.82 Å². The number of aromatic amines is 1. The number of ether oxygens (including phenoxy) is 1. The molecule has 7 nitrogen and oxygen atoms in total. The van der Waals surface area contributed by atoms with E-state index in [9.17, 15) is 0 Å². The van der Waals surface area contributed by atoms with Crippen molar-refractivity contribution in [2.75, 3.05) is 24.3 Å². The molecule has 2 aromatic rings. The summed E-state index contributed by atoms with van der Waals surface area (Å²) in [6.07, 6.45) is 2.66. The molecule has 1 saturated heterocycles. The first-order chi connectivity index (χ1) is 9.72. The van der Waals surface area contributed by atoms with Crippen LogP contribution in [0.15, 0.2) is 12.4 Å². The molecule has 3 rings (SSSR count). The highest BCUT2D eigenvalue weighted by Gasteiger charge is 2.20. The summed E-state index contributed by atoms with van der Waals surface area (Å²) in [6, 6.07) is 1.94. The molecule has 1 atom stereocenters. The maximum absolute atomic E-state index is 5.78. The van der Waals surface area contributed by atoms with Crippen LogP contribution >= 0.6 is 0 Å². The van der Waals surface area contributed by atoms with Crippen LogP contribution in [0.1, 0.15) is 29.4 Å². The van der Waals surface area contributed by atoms with Gasteiger partial charge in [-0.2, -0.15) is 4.98 Å². The number of rotatable bonds is 4. The minimum Gasteiger partial charge on any atom is -0.381 e. The van der Waals surface area contributed by atoms with Crippen molar-refractivity contribution < 1.29 is 4.74 Å². The second kappa shape index (κ2) is 5.46. The van der Waals surface area contributed by atoms with E-state index in [1.165, 1.54) is 0 Å². The SMILES string of the molecule is Cc1[nH]cnc1CNc1cc([C@H]2CCOC2)nc(N)n1. The van der Waals surface area contributed by atoms with Crippen LogP contribution in [0, 0.1) is 6.92 Å².